The number of rotatable bonds is 4. The first kappa shape index (κ1) is 15.5. The molecular weight excluding hydrogens is 320 g/mol. The third-order valence-electron chi connectivity index (χ3n) is 4.57. The van der Waals surface area contributed by atoms with Crippen molar-refractivity contribution in [2.45, 2.75) is 13.0 Å². The second-order valence-electron chi connectivity index (χ2n) is 5.90. The topological polar surface area (TPSA) is 40.5 Å². The SMILES string of the molecule is O=C(O)Cc1ccc(C[N+]23CCN(CC2)CC3)cc1.[Br-]. The van der Waals surface area contributed by atoms with E-state index in [1.807, 2.05) is 12.1 Å². The van der Waals surface area contributed by atoms with Crippen LogP contribution in [0.4, 0.5) is 0 Å². The first-order valence-electron chi connectivity index (χ1n) is 7.02. The molecule has 1 aromatic rings. The minimum atomic E-state index is -0.762. The molecule has 3 aliphatic heterocycles. The van der Waals surface area contributed by atoms with Crippen molar-refractivity contribution in [2.24, 2.45) is 0 Å². The second kappa shape index (κ2) is 6.24. The smallest absolute Gasteiger partial charge is 0.307 e. The fourth-order valence-electron chi connectivity index (χ4n) is 3.29. The highest BCUT2D eigenvalue weighted by Crippen LogP contribution is 2.23. The predicted molar refractivity (Wildman–Crippen MR) is 72.8 cm³/mol. The molecule has 1 aromatic carbocycles. The van der Waals surface area contributed by atoms with Gasteiger partial charge in [0.1, 0.15) is 6.54 Å². The van der Waals surface area contributed by atoms with Gasteiger partial charge in [0.05, 0.1) is 26.1 Å². The van der Waals surface area contributed by atoms with Crippen LogP contribution in [0.25, 0.3) is 0 Å². The lowest BCUT2D eigenvalue weighted by Gasteiger charge is -2.50. The van der Waals surface area contributed by atoms with Crippen LogP contribution < -0.4 is 17.0 Å². The van der Waals surface area contributed by atoms with Gasteiger partial charge in [-0.15, -0.1) is 0 Å². The number of carboxylic acids is 1. The lowest BCUT2D eigenvalue weighted by atomic mass is 10.1. The Morgan fingerprint density at radius 2 is 1.55 bits per heavy atom. The first-order chi connectivity index (χ1) is 9.15. The zero-order valence-corrected chi connectivity index (χ0v) is 13.2. The molecule has 3 heterocycles. The highest BCUT2D eigenvalue weighted by molar-refractivity contribution is 5.70. The number of piperazine rings is 3. The van der Waals surface area contributed by atoms with E-state index in [4.69, 9.17) is 5.11 Å². The van der Waals surface area contributed by atoms with Gasteiger partial charge >= 0.3 is 5.97 Å². The first-order valence-corrected chi connectivity index (χ1v) is 7.02. The van der Waals surface area contributed by atoms with Gasteiger partial charge in [0.15, 0.2) is 0 Å². The third-order valence-corrected chi connectivity index (χ3v) is 4.57. The Kier molecular flexibility index (Phi) is 4.83. The van der Waals surface area contributed by atoms with Gasteiger partial charge in [0, 0.05) is 25.2 Å². The quantitative estimate of drug-likeness (QED) is 0.642. The van der Waals surface area contributed by atoms with Gasteiger partial charge in [0.25, 0.3) is 0 Å². The van der Waals surface area contributed by atoms with Crippen LogP contribution >= 0.6 is 0 Å². The van der Waals surface area contributed by atoms with Gasteiger partial charge in [-0.2, -0.15) is 0 Å². The number of aliphatic carboxylic acids is 1. The fourth-order valence-corrected chi connectivity index (χ4v) is 3.29. The van der Waals surface area contributed by atoms with Gasteiger partial charge in [0.2, 0.25) is 0 Å². The standard InChI is InChI=1S/C15H20N2O2.BrH/c18-15(19)11-13-1-3-14(4-2-13)12-17-8-5-16(6-9-17)7-10-17;/h1-4H,5-12H2;1H. The van der Waals surface area contributed by atoms with E-state index in [0.29, 0.717) is 0 Å². The number of fused-ring (bicyclic) bond motifs is 3. The van der Waals surface area contributed by atoms with E-state index in [1.165, 1.54) is 49.3 Å². The van der Waals surface area contributed by atoms with E-state index in [0.717, 1.165) is 12.1 Å². The number of halogens is 1. The zero-order chi connectivity index (χ0) is 13.3. The summed E-state index contributed by atoms with van der Waals surface area (Å²) >= 11 is 0. The number of hydrogen-bond acceptors (Lipinski definition) is 2. The number of hydrogen-bond donors (Lipinski definition) is 1. The molecule has 2 bridgehead atoms. The summed E-state index contributed by atoms with van der Waals surface area (Å²) in [4.78, 5) is 13.2. The summed E-state index contributed by atoms with van der Waals surface area (Å²) in [5.41, 5.74) is 2.23. The predicted octanol–water partition coefficient (Wildman–Crippen LogP) is -2.04. The van der Waals surface area contributed by atoms with Crippen LogP contribution in [-0.4, -0.2) is 59.7 Å². The minimum absolute atomic E-state index is 0. The number of quaternary nitrogens is 1. The van der Waals surface area contributed by atoms with Crippen LogP contribution in [0.15, 0.2) is 24.3 Å². The molecule has 4 nitrogen and oxygen atoms in total. The number of carboxylic acid groups (broad SMARTS) is 1. The molecule has 0 amide bonds. The van der Waals surface area contributed by atoms with E-state index in [1.54, 1.807) is 0 Å². The third kappa shape index (κ3) is 3.40. The molecule has 20 heavy (non-hydrogen) atoms. The van der Waals surface area contributed by atoms with Gasteiger partial charge in [-0.1, -0.05) is 24.3 Å². The Bertz CT molecular complexity index is 453. The van der Waals surface area contributed by atoms with Crippen LogP contribution in [0.3, 0.4) is 0 Å². The molecule has 1 N–H and O–H groups in total. The average Bonchev–Trinajstić information content (AvgIpc) is 2.42. The molecule has 0 aliphatic carbocycles. The maximum Gasteiger partial charge on any atom is 0.307 e. The molecule has 110 valence electrons. The van der Waals surface area contributed by atoms with E-state index in [9.17, 15) is 4.79 Å². The normalized spacial score (nSPS) is 27.9. The van der Waals surface area contributed by atoms with Crippen LogP contribution in [0, 0.1) is 0 Å². The lowest BCUT2D eigenvalue weighted by molar-refractivity contribution is -0.953. The summed E-state index contributed by atoms with van der Waals surface area (Å²) in [7, 11) is 0. The van der Waals surface area contributed by atoms with Crippen molar-refractivity contribution in [1.29, 1.82) is 0 Å². The summed E-state index contributed by atoms with van der Waals surface area (Å²) in [6.45, 7) is 8.58. The molecular formula is C15H21BrN2O2. The highest BCUT2D eigenvalue weighted by atomic mass is 79.9. The molecule has 0 atom stereocenters. The van der Waals surface area contributed by atoms with E-state index in [-0.39, 0.29) is 23.4 Å². The zero-order valence-electron chi connectivity index (χ0n) is 11.6. The van der Waals surface area contributed by atoms with Crippen molar-refractivity contribution < 1.29 is 31.4 Å². The summed E-state index contributed by atoms with van der Waals surface area (Å²) in [5, 5.41) is 8.77. The Labute approximate surface area is 130 Å². The van der Waals surface area contributed by atoms with Gasteiger partial charge < -0.3 is 26.6 Å². The van der Waals surface area contributed by atoms with Crippen LogP contribution in [0.5, 0.6) is 0 Å². The molecule has 5 heteroatoms. The van der Waals surface area contributed by atoms with Crippen molar-refractivity contribution >= 4 is 5.97 Å². The van der Waals surface area contributed by atoms with Gasteiger partial charge in [-0.05, 0) is 5.56 Å². The average molecular weight is 341 g/mol. The Morgan fingerprint density at radius 1 is 1.05 bits per heavy atom. The van der Waals surface area contributed by atoms with Crippen molar-refractivity contribution in [3.05, 3.63) is 35.4 Å². The Hall–Kier alpha value is -0.910. The summed E-state index contributed by atoms with van der Waals surface area (Å²) < 4.78 is 1.22. The Balaban J connectivity index is 0.00000147. The molecule has 0 radical (unpaired) electrons. The van der Waals surface area contributed by atoms with Crippen molar-refractivity contribution in [3.63, 3.8) is 0 Å². The number of benzene rings is 1. The van der Waals surface area contributed by atoms with Crippen LogP contribution in [0.1, 0.15) is 11.1 Å². The second-order valence-corrected chi connectivity index (χ2v) is 5.90. The van der Waals surface area contributed by atoms with Crippen molar-refractivity contribution in [1.82, 2.24) is 4.90 Å². The van der Waals surface area contributed by atoms with Crippen molar-refractivity contribution in [2.75, 3.05) is 39.3 Å². The molecule has 0 saturated carbocycles. The highest BCUT2D eigenvalue weighted by Gasteiger charge is 2.38. The fraction of sp³-hybridized carbons (Fsp3) is 0.533. The van der Waals surface area contributed by atoms with E-state index in [2.05, 4.69) is 17.0 Å². The van der Waals surface area contributed by atoms with Crippen LogP contribution in [-0.2, 0) is 17.8 Å². The number of carbonyl (C=O) groups is 1. The van der Waals surface area contributed by atoms with E-state index >= 15 is 0 Å². The van der Waals surface area contributed by atoms with Gasteiger partial charge in [-0.3, -0.25) is 9.69 Å². The lowest BCUT2D eigenvalue weighted by Crippen LogP contribution is -3.00. The molecule has 3 saturated heterocycles. The largest absolute Gasteiger partial charge is 1.00 e. The van der Waals surface area contributed by atoms with Gasteiger partial charge in [-0.25, -0.2) is 0 Å². The van der Waals surface area contributed by atoms with Crippen LogP contribution in [0.2, 0.25) is 0 Å². The molecule has 4 rings (SSSR count). The molecule has 0 spiro atoms. The molecule has 3 fully saturated rings. The Morgan fingerprint density at radius 3 is 2.05 bits per heavy atom. The number of nitrogens with zero attached hydrogens (tertiary/aromatic N) is 2. The molecule has 0 unspecified atom stereocenters. The minimum Gasteiger partial charge on any atom is -1.00 e. The maximum atomic E-state index is 10.7. The molecule has 0 aromatic heterocycles. The maximum absolute atomic E-state index is 10.7. The molecule has 3 aliphatic rings. The summed E-state index contributed by atoms with van der Waals surface area (Å²) in [5.74, 6) is -0.762. The van der Waals surface area contributed by atoms with E-state index < -0.39 is 5.97 Å². The van der Waals surface area contributed by atoms with Crippen molar-refractivity contribution in [3.8, 4) is 0 Å². The monoisotopic (exact) mass is 340 g/mol. The summed E-state index contributed by atoms with van der Waals surface area (Å²) in [6, 6.07) is 8.13. The summed E-state index contributed by atoms with van der Waals surface area (Å²) in [6.07, 6.45) is 0.120.